The van der Waals surface area contributed by atoms with E-state index in [0.29, 0.717) is 0 Å². The highest BCUT2D eigenvalue weighted by molar-refractivity contribution is 5.17. The monoisotopic (exact) mass is 123 g/mol. The first-order chi connectivity index (χ1) is 4.36. The van der Waals surface area contributed by atoms with Crippen molar-refractivity contribution in [1.29, 1.82) is 0 Å². The van der Waals surface area contributed by atoms with Gasteiger partial charge in [-0.15, -0.1) is 0 Å². The molecule has 1 heteroatoms. The van der Waals surface area contributed by atoms with E-state index in [1.54, 1.807) is 6.42 Å². The lowest BCUT2D eigenvalue weighted by atomic mass is 9.91. The fourth-order valence-electron chi connectivity index (χ4n) is 3.11. The van der Waals surface area contributed by atoms with E-state index in [4.69, 9.17) is 0 Å². The average Bonchev–Trinajstić information content (AvgIpc) is 2.46. The van der Waals surface area contributed by atoms with E-state index >= 15 is 0 Å². The van der Waals surface area contributed by atoms with E-state index in [1.165, 1.54) is 6.42 Å². The zero-order valence-electron chi connectivity index (χ0n) is 5.80. The molecule has 3 fully saturated rings. The number of hydrogen-bond donors (Lipinski definition) is 1. The lowest BCUT2D eigenvalue weighted by Crippen LogP contribution is -2.14. The Morgan fingerprint density at radius 3 is 2.67 bits per heavy atom. The van der Waals surface area contributed by atoms with Crippen LogP contribution in [0, 0.1) is 17.8 Å². The maximum atomic E-state index is 3.56. The van der Waals surface area contributed by atoms with Crippen molar-refractivity contribution >= 4 is 0 Å². The third kappa shape index (κ3) is 0.420. The molecule has 3 rings (SSSR count). The van der Waals surface area contributed by atoms with Crippen LogP contribution < -0.4 is 5.32 Å². The summed E-state index contributed by atoms with van der Waals surface area (Å²) in [5.74, 6) is 3.18. The Labute approximate surface area is 55.8 Å². The fourth-order valence-corrected chi connectivity index (χ4v) is 3.11. The summed E-state index contributed by atoms with van der Waals surface area (Å²) in [6.45, 7) is 2.42. The van der Waals surface area contributed by atoms with E-state index in [1.807, 2.05) is 0 Å². The van der Waals surface area contributed by atoms with Crippen LogP contribution in [0.25, 0.3) is 0 Å². The second-order valence-electron chi connectivity index (χ2n) is 4.09. The summed E-state index contributed by atoms with van der Waals surface area (Å²) in [5, 5.41) is 3.56. The van der Waals surface area contributed by atoms with Gasteiger partial charge in [0.1, 0.15) is 0 Å². The van der Waals surface area contributed by atoms with Gasteiger partial charge < -0.3 is 5.32 Å². The minimum atomic E-state index is 0.971. The van der Waals surface area contributed by atoms with Crippen LogP contribution in [0.3, 0.4) is 0 Å². The third-order valence-corrected chi connectivity index (χ3v) is 3.61. The Morgan fingerprint density at radius 1 is 1.22 bits per heavy atom. The molecule has 0 aromatic rings. The van der Waals surface area contributed by atoms with Crippen molar-refractivity contribution in [2.75, 3.05) is 0 Å². The number of nitrogens with one attached hydrogen (secondary N) is 1. The summed E-state index contributed by atoms with van der Waals surface area (Å²) >= 11 is 0. The number of fused-ring (bicyclic) bond motifs is 5. The van der Waals surface area contributed by atoms with Crippen LogP contribution in [0.5, 0.6) is 0 Å². The third-order valence-electron chi connectivity index (χ3n) is 3.61. The molecule has 2 saturated carbocycles. The SMILES string of the molecule is CC1CC2CC1C1NC21. The second-order valence-corrected chi connectivity index (χ2v) is 4.09. The normalized spacial score (nSPS) is 68.3. The van der Waals surface area contributed by atoms with Crippen molar-refractivity contribution in [3.8, 4) is 0 Å². The highest BCUT2D eigenvalue weighted by Crippen LogP contribution is 2.54. The molecule has 0 radical (unpaired) electrons. The Bertz CT molecular complexity index is 151. The standard InChI is InChI=1S/C8H13N/c1-4-2-5-3-6(4)8-7(5)9-8/h4-9H,2-3H2,1H3. The molecule has 5 unspecified atom stereocenters. The lowest BCUT2D eigenvalue weighted by molar-refractivity contribution is 0.397. The molecule has 0 spiro atoms. The molecule has 0 amide bonds. The topological polar surface area (TPSA) is 21.9 Å². The van der Waals surface area contributed by atoms with Crippen LogP contribution in [0.2, 0.25) is 0 Å². The van der Waals surface area contributed by atoms with Crippen molar-refractivity contribution in [2.24, 2.45) is 17.8 Å². The maximum Gasteiger partial charge on any atom is 0.0258 e. The van der Waals surface area contributed by atoms with Crippen LogP contribution in [0.1, 0.15) is 19.8 Å². The van der Waals surface area contributed by atoms with Crippen LogP contribution in [-0.2, 0) is 0 Å². The molecule has 1 nitrogen and oxygen atoms in total. The van der Waals surface area contributed by atoms with Crippen LogP contribution >= 0.6 is 0 Å². The van der Waals surface area contributed by atoms with E-state index in [0.717, 1.165) is 29.8 Å². The van der Waals surface area contributed by atoms with Gasteiger partial charge in [0.15, 0.2) is 0 Å². The predicted octanol–water partition coefficient (Wildman–Crippen LogP) is 1.00. The molecular weight excluding hydrogens is 110 g/mol. The van der Waals surface area contributed by atoms with Gasteiger partial charge in [-0.3, -0.25) is 0 Å². The summed E-state index contributed by atoms with van der Waals surface area (Å²) in [7, 11) is 0. The van der Waals surface area contributed by atoms with Gasteiger partial charge in [0, 0.05) is 12.1 Å². The minimum absolute atomic E-state index is 0.971. The molecule has 0 aromatic heterocycles. The van der Waals surface area contributed by atoms with Gasteiger partial charge >= 0.3 is 0 Å². The number of hydrogen-bond acceptors (Lipinski definition) is 1. The van der Waals surface area contributed by atoms with Crippen LogP contribution in [0.15, 0.2) is 0 Å². The fraction of sp³-hybridized carbons (Fsp3) is 1.00. The molecule has 3 aliphatic rings. The smallest absolute Gasteiger partial charge is 0.0258 e. The number of piperidine rings is 1. The van der Waals surface area contributed by atoms with E-state index in [9.17, 15) is 0 Å². The van der Waals surface area contributed by atoms with Crippen molar-refractivity contribution in [2.45, 2.75) is 31.8 Å². The first kappa shape index (κ1) is 4.73. The average molecular weight is 123 g/mol. The lowest BCUT2D eigenvalue weighted by Gasteiger charge is -2.13. The highest BCUT2D eigenvalue weighted by atomic mass is 15.2. The molecule has 0 aromatic carbocycles. The predicted molar refractivity (Wildman–Crippen MR) is 36.1 cm³/mol. The molecule has 9 heavy (non-hydrogen) atoms. The van der Waals surface area contributed by atoms with Gasteiger partial charge in [0.05, 0.1) is 0 Å². The van der Waals surface area contributed by atoms with Gasteiger partial charge in [-0.1, -0.05) is 6.92 Å². The van der Waals surface area contributed by atoms with Gasteiger partial charge in [-0.2, -0.15) is 0 Å². The first-order valence-electron chi connectivity index (χ1n) is 4.12. The Morgan fingerprint density at radius 2 is 2.11 bits per heavy atom. The molecular formula is C8H13N. The maximum absolute atomic E-state index is 3.56. The van der Waals surface area contributed by atoms with E-state index < -0.39 is 0 Å². The van der Waals surface area contributed by atoms with Gasteiger partial charge in [-0.25, -0.2) is 0 Å². The zero-order chi connectivity index (χ0) is 6.01. The van der Waals surface area contributed by atoms with Gasteiger partial charge in [0.2, 0.25) is 0 Å². The molecule has 1 saturated heterocycles. The zero-order valence-corrected chi connectivity index (χ0v) is 5.80. The van der Waals surface area contributed by atoms with Gasteiger partial charge in [-0.05, 0) is 30.6 Å². The van der Waals surface area contributed by atoms with E-state index in [2.05, 4.69) is 12.2 Å². The highest BCUT2D eigenvalue weighted by Gasteiger charge is 2.59. The molecule has 5 atom stereocenters. The quantitative estimate of drug-likeness (QED) is 0.477. The summed E-state index contributed by atoms with van der Waals surface area (Å²) in [5.41, 5.74) is 0. The molecule has 1 heterocycles. The summed E-state index contributed by atoms with van der Waals surface area (Å²) < 4.78 is 0. The van der Waals surface area contributed by atoms with Crippen molar-refractivity contribution < 1.29 is 0 Å². The second kappa shape index (κ2) is 1.20. The summed E-state index contributed by atoms with van der Waals surface area (Å²) in [6, 6.07) is 1.95. The van der Waals surface area contributed by atoms with Crippen molar-refractivity contribution in [3.05, 3.63) is 0 Å². The first-order valence-corrected chi connectivity index (χ1v) is 4.12. The Hall–Kier alpha value is -0.0400. The summed E-state index contributed by atoms with van der Waals surface area (Å²) in [6.07, 6.45) is 3.06. The molecule has 2 bridgehead atoms. The van der Waals surface area contributed by atoms with Crippen LogP contribution in [-0.4, -0.2) is 12.1 Å². The van der Waals surface area contributed by atoms with Gasteiger partial charge in [0.25, 0.3) is 0 Å². The summed E-state index contributed by atoms with van der Waals surface area (Å²) in [4.78, 5) is 0. The number of rotatable bonds is 0. The molecule has 1 N–H and O–H groups in total. The van der Waals surface area contributed by atoms with Crippen molar-refractivity contribution in [3.63, 3.8) is 0 Å². The largest absolute Gasteiger partial charge is 0.308 e. The van der Waals surface area contributed by atoms with E-state index in [-0.39, 0.29) is 0 Å². The molecule has 1 aliphatic heterocycles. The van der Waals surface area contributed by atoms with Crippen molar-refractivity contribution in [1.82, 2.24) is 5.32 Å². The van der Waals surface area contributed by atoms with Crippen LogP contribution in [0.4, 0.5) is 0 Å². The Kier molecular flexibility index (Phi) is 0.628. The Balaban J connectivity index is 1.96. The minimum Gasteiger partial charge on any atom is -0.308 e. The molecule has 2 aliphatic carbocycles. The molecule has 50 valence electrons.